The number of benzene rings is 1. The van der Waals surface area contributed by atoms with Gasteiger partial charge in [0.15, 0.2) is 0 Å². The van der Waals surface area contributed by atoms with Crippen LogP contribution in [0.5, 0.6) is 0 Å². The first-order valence-corrected chi connectivity index (χ1v) is 5.37. The van der Waals surface area contributed by atoms with Crippen molar-refractivity contribution < 1.29 is 10.0 Å². The summed E-state index contributed by atoms with van der Waals surface area (Å²) in [6.07, 6.45) is 0.485. The summed E-state index contributed by atoms with van der Waals surface area (Å²) in [6.45, 7) is 0.418. The third-order valence-corrected chi connectivity index (χ3v) is 2.48. The first kappa shape index (κ1) is 12.1. The van der Waals surface area contributed by atoms with E-state index in [1.54, 1.807) is 0 Å². The lowest BCUT2D eigenvalue weighted by Gasteiger charge is -2.06. The van der Waals surface area contributed by atoms with E-state index in [0.29, 0.717) is 29.7 Å². The van der Waals surface area contributed by atoms with Crippen LogP contribution in [-0.2, 0) is 0 Å². The number of nitro groups is 1. The van der Waals surface area contributed by atoms with Gasteiger partial charge in [0.25, 0.3) is 5.69 Å². The number of nitro benzene ring substituents is 1. The highest BCUT2D eigenvalue weighted by Crippen LogP contribution is 2.27. The summed E-state index contributed by atoms with van der Waals surface area (Å²) in [7, 11) is 0. The maximum Gasteiger partial charge on any atom is 0.323 e. The van der Waals surface area contributed by atoms with Crippen molar-refractivity contribution in [2.24, 2.45) is 0 Å². The van der Waals surface area contributed by atoms with Gasteiger partial charge in [0.2, 0.25) is 0 Å². The Kier molecular flexibility index (Phi) is 3.28. The van der Waals surface area contributed by atoms with E-state index in [9.17, 15) is 14.9 Å². The highest BCUT2D eigenvalue weighted by atomic mass is 16.6. The van der Waals surface area contributed by atoms with Crippen molar-refractivity contribution in [1.29, 1.82) is 0 Å². The zero-order valence-electron chi connectivity index (χ0n) is 9.40. The predicted molar refractivity (Wildman–Crippen MR) is 65.8 cm³/mol. The fourth-order valence-corrected chi connectivity index (χ4v) is 1.67. The number of aromatic nitrogens is 2. The number of fused-ring (bicyclic) bond motifs is 1. The largest absolute Gasteiger partial charge is 0.396 e. The molecule has 0 aliphatic rings. The van der Waals surface area contributed by atoms with Crippen LogP contribution in [0.15, 0.2) is 16.9 Å². The number of aliphatic hydroxyl groups excluding tert-OH is 1. The van der Waals surface area contributed by atoms with E-state index in [1.165, 1.54) is 12.1 Å². The molecule has 0 bridgehead atoms. The molecule has 4 N–H and O–H groups in total. The molecule has 2 aromatic rings. The van der Waals surface area contributed by atoms with Gasteiger partial charge in [-0.15, -0.1) is 0 Å². The standard InChI is InChI=1S/C10H12N4O4/c15-3-1-2-11-8-4-6-7(13-10(16)12-6)5-9(8)14(17)18/h4-5,11,15H,1-3H2,(H2,12,13,16). The normalized spacial score (nSPS) is 10.7. The van der Waals surface area contributed by atoms with E-state index < -0.39 is 10.6 Å². The number of hydrogen-bond donors (Lipinski definition) is 4. The minimum Gasteiger partial charge on any atom is -0.396 e. The van der Waals surface area contributed by atoms with Gasteiger partial charge in [-0.05, 0) is 12.5 Å². The molecular weight excluding hydrogens is 240 g/mol. The molecule has 0 unspecified atom stereocenters. The molecule has 96 valence electrons. The maximum atomic E-state index is 11.1. The van der Waals surface area contributed by atoms with Crippen LogP contribution in [0.25, 0.3) is 11.0 Å². The van der Waals surface area contributed by atoms with Crippen molar-refractivity contribution in [3.63, 3.8) is 0 Å². The Labute approximate surface area is 101 Å². The molecule has 0 atom stereocenters. The van der Waals surface area contributed by atoms with Gasteiger partial charge in [0, 0.05) is 19.2 Å². The summed E-state index contributed by atoms with van der Waals surface area (Å²) in [5, 5.41) is 22.4. The fourth-order valence-electron chi connectivity index (χ4n) is 1.67. The molecule has 1 aromatic heterocycles. The van der Waals surface area contributed by atoms with Crippen LogP contribution in [0.4, 0.5) is 11.4 Å². The van der Waals surface area contributed by atoms with Crippen molar-refractivity contribution in [1.82, 2.24) is 9.97 Å². The first-order chi connectivity index (χ1) is 8.61. The van der Waals surface area contributed by atoms with Crippen molar-refractivity contribution >= 4 is 22.4 Å². The Morgan fingerprint density at radius 1 is 1.33 bits per heavy atom. The number of nitrogens with one attached hydrogen (secondary N) is 3. The monoisotopic (exact) mass is 252 g/mol. The summed E-state index contributed by atoms with van der Waals surface area (Å²) in [5.41, 5.74) is 0.676. The Morgan fingerprint density at radius 3 is 2.61 bits per heavy atom. The summed E-state index contributed by atoms with van der Waals surface area (Å²) < 4.78 is 0. The van der Waals surface area contributed by atoms with Gasteiger partial charge in [-0.1, -0.05) is 0 Å². The Balaban J connectivity index is 2.43. The van der Waals surface area contributed by atoms with Crippen LogP contribution in [0.3, 0.4) is 0 Å². The average Bonchev–Trinajstić information content (AvgIpc) is 2.67. The second-order valence-electron chi connectivity index (χ2n) is 3.76. The lowest BCUT2D eigenvalue weighted by atomic mass is 10.2. The highest BCUT2D eigenvalue weighted by Gasteiger charge is 2.16. The lowest BCUT2D eigenvalue weighted by molar-refractivity contribution is -0.383. The van der Waals surface area contributed by atoms with Gasteiger partial charge in [-0.25, -0.2) is 4.79 Å². The van der Waals surface area contributed by atoms with Crippen molar-refractivity contribution in [3.05, 3.63) is 32.7 Å². The Bertz CT molecular complexity index is 630. The van der Waals surface area contributed by atoms with Crippen LogP contribution < -0.4 is 11.0 Å². The molecule has 0 amide bonds. The molecule has 1 heterocycles. The summed E-state index contributed by atoms with van der Waals surface area (Å²) in [4.78, 5) is 26.5. The number of nitrogens with zero attached hydrogens (tertiary/aromatic N) is 1. The van der Waals surface area contributed by atoms with Gasteiger partial charge in [0.05, 0.1) is 16.0 Å². The molecule has 0 spiro atoms. The van der Waals surface area contributed by atoms with Crippen LogP contribution in [0.1, 0.15) is 6.42 Å². The molecule has 8 heteroatoms. The zero-order chi connectivity index (χ0) is 13.1. The molecule has 0 saturated carbocycles. The lowest BCUT2D eigenvalue weighted by Crippen LogP contribution is -2.05. The molecule has 0 aliphatic carbocycles. The second-order valence-corrected chi connectivity index (χ2v) is 3.76. The third kappa shape index (κ3) is 2.33. The number of imidazole rings is 1. The average molecular weight is 252 g/mol. The van der Waals surface area contributed by atoms with E-state index in [2.05, 4.69) is 15.3 Å². The molecule has 0 aliphatic heterocycles. The topological polar surface area (TPSA) is 124 Å². The van der Waals surface area contributed by atoms with Crippen LogP contribution in [-0.4, -0.2) is 33.1 Å². The van der Waals surface area contributed by atoms with E-state index in [0.717, 1.165) is 0 Å². The molecule has 1 aromatic carbocycles. The minimum atomic E-state index is -0.522. The predicted octanol–water partition coefficient (Wildman–Crippen LogP) is 0.559. The number of rotatable bonds is 5. The fraction of sp³-hybridized carbons (Fsp3) is 0.300. The van der Waals surface area contributed by atoms with Crippen LogP contribution >= 0.6 is 0 Å². The smallest absolute Gasteiger partial charge is 0.323 e. The van der Waals surface area contributed by atoms with Gasteiger partial charge in [-0.2, -0.15) is 0 Å². The second kappa shape index (κ2) is 4.88. The molecule has 0 radical (unpaired) electrons. The molecule has 0 fully saturated rings. The van der Waals surface area contributed by atoms with E-state index in [4.69, 9.17) is 5.11 Å². The third-order valence-electron chi connectivity index (χ3n) is 2.48. The van der Waals surface area contributed by atoms with Crippen LogP contribution in [0, 0.1) is 10.1 Å². The van der Waals surface area contributed by atoms with Crippen molar-refractivity contribution in [3.8, 4) is 0 Å². The summed E-state index contributed by atoms with van der Waals surface area (Å²) >= 11 is 0. The maximum absolute atomic E-state index is 11.1. The van der Waals surface area contributed by atoms with Crippen LogP contribution in [0.2, 0.25) is 0 Å². The first-order valence-electron chi connectivity index (χ1n) is 5.37. The van der Waals surface area contributed by atoms with Crippen molar-refractivity contribution in [2.45, 2.75) is 6.42 Å². The quantitative estimate of drug-likeness (QED) is 0.351. The number of aliphatic hydroxyl groups is 1. The molecule has 0 saturated heterocycles. The molecule has 18 heavy (non-hydrogen) atoms. The van der Waals surface area contributed by atoms with E-state index in [1.807, 2.05) is 0 Å². The molecule has 8 nitrogen and oxygen atoms in total. The number of anilines is 1. The van der Waals surface area contributed by atoms with Gasteiger partial charge < -0.3 is 20.4 Å². The zero-order valence-corrected chi connectivity index (χ0v) is 9.40. The Hall–Kier alpha value is -2.35. The van der Waals surface area contributed by atoms with E-state index >= 15 is 0 Å². The SMILES string of the molecule is O=c1[nH]c2cc(NCCCO)c([N+](=O)[O-])cc2[nH]1. The summed E-state index contributed by atoms with van der Waals surface area (Å²) in [6, 6.07) is 2.80. The summed E-state index contributed by atoms with van der Waals surface area (Å²) in [5.74, 6) is 0. The molecular formula is C10H12N4O4. The van der Waals surface area contributed by atoms with Crippen molar-refractivity contribution in [2.75, 3.05) is 18.5 Å². The molecule has 2 rings (SSSR count). The van der Waals surface area contributed by atoms with Gasteiger partial charge in [-0.3, -0.25) is 10.1 Å². The number of H-pyrrole nitrogens is 2. The van der Waals surface area contributed by atoms with Gasteiger partial charge in [0.1, 0.15) is 5.69 Å². The van der Waals surface area contributed by atoms with E-state index in [-0.39, 0.29) is 12.3 Å². The van der Waals surface area contributed by atoms with Gasteiger partial charge >= 0.3 is 5.69 Å². The number of aromatic amines is 2. The minimum absolute atomic E-state index is 0.00400. The number of hydrogen-bond acceptors (Lipinski definition) is 5. The highest BCUT2D eigenvalue weighted by molar-refractivity contribution is 5.84. The Morgan fingerprint density at radius 2 is 2.00 bits per heavy atom.